The molecule has 96 valence electrons. The maximum absolute atomic E-state index is 11.3. The minimum Gasteiger partial charge on any atom is -0.444 e. The summed E-state index contributed by atoms with van der Waals surface area (Å²) in [4.78, 5) is 11.3. The molecule has 0 aromatic rings. The fourth-order valence-electron chi connectivity index (χ4n) is 1.33. The minimum atomic E-state index is -0.431. The van der Waals surface area contributed by atoms with Crippen LogP contribution in [0.3, 0.4) is 0 Å². The van der Waals surface area contributed by atoms with Crippen LogP contribution in [0.4, 0.5) is 9.18 Å². The Kier molecular flexibility index (Phi) is 7.05. The van der Waals surface area contributed by atoms with Crippen molar-refractivity contribution in [3.05, 3.63) is 0 Å². The van der Waals surface area contributed by atoms with Crippen molar-refractivity contribution in [2.45, 2.75) is 45.3 Å². The Balaban J connectivity index is 0.00000106. The van der Waals surface area contributed by atoms with E-state index in [1.54, 1.807) is 0 Å². The molecule has 0 spiro atoms. The summed E-state index contributed by atoms with van der Waals surface area (Å²) in [5, 5.41) is 2.79. The number of carbonyl (C=O) groups is 1. The number of halogens is 1. The van der Waals surface area contributed by atoms with Crippen LogP contribution in [0.2, 0.25) is 0 Å². The Bertz CT molecular complexity index is 198. The van der Waals surface area contributed by atoms with E-state index >= 15 is 0 Å². The Morgan fingerprint density at radius 3 is 2.50 bits per heavy atom. The van der Waals surface area contributed by atoms with Crippen molar-refractivity contribution in [2.24, 2.45) is 0 Å². The summed E-state index contributed by atoms with van der Waals surface area (Å²) in [5.74, 6) is 0. The van der Waals surface area contributed by atoms with E-state index in [1.807, 2.05) is 20.8 Å². The van der Waals surface area contributed by atoms with Crippen molar-refractivity contribution >= 4 is 6.09 Å². The smallest absolute Gasteiger partial charge is 0.407 e. The number of ether oxygens (including phenoxy) is 2. The molecular weight excluding hydrogens is 213 g/mol. The third-order valence-corrected chi connectivity index (χ3v) is 1.88. The molecule has 1 saturated heterocycles. The predicted molar refractivity (Wildman–Crippen MR) is 60.2 cm³/mol. The molecule has 1 atom stereocenters. The molecule has 1 fully saturated rings. The maximum atomic E-state index is 11.3. The first-order chi connectivity index (χ1) is 7.47. The van der Waals surface area contributed by atoms with Gasteiger partial charge in [-0.1, -0.05) is 0 Å². The lowest BCUT2D eigenvalue weighted by Gasteiger charge is -2.25. The molecule has 0 saturated carbocycles. The highest BCUT2D eigenvalue weighted by Crippen LogP contribution is 2.09. The van der Waals surface area contributed by atoms with E-state index in [-0.39, 0.29) is 12.1 Å². The third kappa shape index (κ3) is 7.45. The van der Waals surface area contributed by atoms with Gasteiger partial charge in [0, 0.05) is 6.61 Å². The van der Waals surface area contributed by atoms with Gasteiger partial charge in [-0.05, 0) is 33.6 Å². The Morgan fingerprint density at radius 1 is 1.44 bits per heavy atom. The highest BCUT2D eigenvalue weighted by atomic mass is 19.1. The first-order valence-electron chi connectivity index (χ1n) is 5.42. The number of carbonyl (C=O) groups excluding carboxylic acids is 1. The lowest BCUT2D eigenvalue weighted by Crippen LogP contribution is -2.43. The second-order valence-corrected chi connectivity index (χ2v) is 4.56. The molecule has 0 aliphatic carbocycles. The molecular formula is C11H22FNO3. The maximum Gasteiger partial charge on any atom is 0.407 e. The number of hydrogen-bond acceptors (Lipinski definition) is 3. The SMILES string of the molecule is CC(C)(C)OC(=O)NC1CCCOC1.CF. The zero-order valence-electron chi connectivity index (χ0n) is 10.5. The molecule has 0 aromatic carbocycles. The molecule has 0 bridgehead atoms. The van der Waals surface area contributed by atoms with E-state index in [0.717, 1.165) is 19.4 Å². The molecule has 4 nitrogen and oxygen atoms in total. The summed E-state index contributed by atoms with van der Waals surface area (Å²) < 4.78 is 19.9. The van der Waals surface area contributed by atoms with Crippen LogP contribution >= 0.6 is 0 Å². The van der Waals surface area contributed by atoms with Crippen LogP contribution in [-0.4, -0.2) is 38.1 Å². The Hall–Kier alpha value is -0.840. The van der Waals surface area contributed by atoms with Gasteiger partial charge in [-0.25, -0.2) is 4.79 Å². The van der Waals surface area contributed by atoms with Gasteiger partial charge in [-0.2, -0.15) is 0 Å². The van der Waals surface area contributed by atoms with E-state index < -0.39 is 5.60 Å². The summed E-state index contributed by atoms with van der Waals surface area (Å²) >= 11 is 0. The van der Waals surface area contributed by atoms with E-state index in [0.29, 0.717) is 13.8 Å². The van der Waals surface area contributed by atoms with Gasteiger partial charge in [0.2, 0.25) is 0 Å². The molecule has 1 amide bonds. The fourth-order valence-corrected chi connectivity index (χ4v) is 1.33. The van der Waals surface area contributed by atoms with Crippen molar-refractivity contribution in [2.75, 3.05) is 20.4 Å². The van der Waals surface area contributed by atoms with Crippen molar-refractivity contribution in [1.82, 2.24) is 5.32 Å². The predicted octanol–water partition coefficient (Wildman–Crippen LogP) is 2.28. The van der Waals surface area contributed by atoms with E-state index in [1.165, 1.54) is 0 Å². The number of nitrogens with one attached hydrogen (secondary N) is 1. The van der Waals surface area contributed by atoms with Gasteiger partial charge in [-0.15, -0.1) is 0 Å². The second-order valence-electron chi connectivity index (χ2n) is 4.56. The molecule has 1 heterocycles. The van der Waals surface area contributed by atoms with Crippen molar-refractivity contribution in [3.8, 4) is 0 Å². The van der Waals surface area contributed by atoms with Crippen molar-refractivity contribution in [1.29, 1.82) is 0 Å². The average Bonchev–Trinajstić information content (AvgIpc) is 2.19. The molecule has 1 N–H and O–H groups in total. The normalized spacial score (nSPS) is 20.4. The van der Waals surface area contributed by atoms with Gasteiger partial charge in [0.05, 0.1) is 19.8 Å². The van der Waals surface area contributed by atoms with Crippen LogP contribution in [0.25, 0.3) is 0 Å². The molecule has 16 heavy (non-hydrogen) atoms. The van der Waals surface area contributed by atoms with Crippen LogP contribution < -0.4 is 5.32 Å². The summed E-state index contributed by atoms with van der Waals surface area (Å²) in [6, 6.07) is 0.110. The topological polar surface area (TPSA) is 47.6 Å². The number of rotatable bonds is 1. The average molecular weight is 235 g/mol. The number of hydrogen-bond donors (Lipinski definition) is 1. The fraction of sp³-hybridized carbons (Fsp3) is 0.909. The van der Waals surface area contributed by atoms with E-state index in [4.69, 9.17) is 9.47 Å². The standard InChI is InChI=1S/C10H19NO3.CH3F/c1-10(2,3)14-9(12)11-8-5-4-6-13-7-8;1-2/h8H,4-7H2,1-3H3,(H,11,12);1H3. The minimum absolute atomic E-state index is 0.110. The van der Waals surface area contributed by atoms with E-state index in [2.05, 4.69) is 5.32 Å². The van der Waals surface area contributed by atoms with Gasteiger partial charge in [-0.3, -0.25) is 4.39 Å². The van der Waals surface area contributed by atoms with E-state index in [9.17, 15) is 9.18 Å². The van der Waals surface area contributed by atoms with Crippen LogP contribution in [0, 0.1) is 0 Å². The zero-order valence-corrected chi connectivity index (χ0v) is 10.5. The monoisotopic (exact) mass is 235 g/mol. The number of alkyl halides is 1. The molecule has 1 aliphatic rings. The van der Waals surface area contributed by atoms with Gasteiger partial charge >= 0.3 is 6.09 Å². The second kappa shape index (κ2) is 7.44. The van der Waals surface area contributed by atoms with Crippen molar-refractivity contribution < 1.29 is 18.7 Å². The molecule has 1 aliphatic heterocycles. The first-order valence-corrected chi connectivity index (χ1v) is 5.42. The van der Waals surface area contributed by atoms with Crippen LogP contribution in [0.1, 0.15) is 33.6 Å². The lowest BCUT2D eigenvalue weighted by molar-refractivity contribution is 0.0347. The molecule has 1 unspecified atom stereocenters. The summed E-state index contributed by atoms with van der Waals surface area (Å²) in [7, 11) is 0.500. The highest BCUT2D eigenvalue weighted by molar-refractivity contribution is 5.68. The number of amides is 1. The van der Waals surface area contributed by atoms with Crippen LogP contribution in [0.5, 0.6) is 0 Å². The van der Waals surface area contributed by atoms with Gasteiger partial charge < -0.3 is 14.8 Å². The van der Waals surface area contributed by atoms with Gasteiger partial charge in [0.1, 0.15) is 5.60 Å². The Labute approximate surface area is 96.5 Å². The third-order valence-electron chi connectivity index (χ3n) is 1.88. The van der Waals surface area contributed by atoms with Crippen molar-refractivity contribution in [3.63, 3.8) is 0 Å². The summed E-state index contributed by atoms with van der Waals surface area (Å²) in [6.07, 6.45) is 1.62. The van der Waals surface area contributed by atoms with Gasteiger partial charge in [0.25, 0.3) is 0 Å². The molecule has 0 aromatic heterocycles. The first kappa shape index (κ1) is 15.2. The Morgan fingerprint density at radius 2 is 2.06 bits per heavy atom. The molecule has 5 heteroatoms. The largest absolute Gasteiger partial charge is 0.444 e. The summed E-state index contributed by atoms with van der Waals surface area (Å²) in [5.41, 5.74) is -0.431. The highest BCUT2D eigenvalue weighted by Gasteiger charge is 2.20. The summed E-state index contributed by atoms with van der Waals surface area (Å²) in [6.45, 7) is 6.95. The lowest BCUT2D eigenvalue weighted by atomic mass is 10.1. The van der Waals surface area contributed by atoms with Crippen LogP contribution in [0.15, 0.2) is 0 Å². The zero-order chi connectivity index (χ0) is 12.6. The number of alkyl carbamates (subject to hydrolysis) is 1. The molecule has 1 rings (SSSR count). The molecule has 0 radical (unpaired) electrons. The van der Waals surface area contributed by atoms with Crippen LogP contribution in [-0.2, 0) is 9.47 Å². The van der Waals surface area contributed by atoms with Gasteiger partial charge in [0.15, 0.2) is 0 Å². The quantitative estimate of drug-likeness (QED) is 0.758.